The van der Waals surface area contributed by atoms with E-state index in [0.717, 1.165) is 136 Å². The normalized spacial score (nSPS) is 39.3. The van der Waals surface area contributed by atoms with Crippen LogP contribution in [0.2, 0.25) is 0 Å². The van der Waals surface area contributed by atoms with Crippen molar-refractivity contribution >= 4 is 0 Å². The van der Waals surface area contributed by atoms with Crippen molar-refractivity contribution in [1.82, 2.24) is 0 Å². The van der Waals surface area contributed by atoms with Gasteiger partial charge in [-0.15, -0.1) is 0 Å². The first kappa shape index (κ1) is 64.0. The second-order valence-electron chi connectivity index (χ2n) is 32.1. The van der Waals surface area contributed by atoms with Crippen LogP contribution in [-0.4, -0.2) is 0 Å². The van der Waals surface area contributed by atoms with Gasteiger partial charge in [0.2, 0.25) is 0 Å². The van der Waals surface area contributed by atoms with Crippen molar-refractivity contribution < 1.29 is 0 Å². The summed E-state index contributed by atoms with van der Waals surface area (Å²) in [5, 5.41) is 0. The van der Waals surface area contributed by atoms with Crippen molar-refractivity contribution in [2.24, 2.45) is 136 Å². The summed E-state index contributed by atoms with van der Waals surface area (Å²) in [5.74, 6) is 23.5. The predicted molar refractivity (Wildman–Crippen MR) is 344 cm³/mol. The maximum absolute atomic E-state index is 2.68. The van der Waals surface area contributed by atoms with Crippen molar-refractivity contribution in [3.05, 3.63) is 0 Å². The molecule has 0 aromatic carbocycles. The summed E-state index contributed by atoms with van der Waals surface area (Å²) in [5.41, 5.74) is 0. The van der Waals surface area contributed by atoms with Crippen LogP contribution in [0.25, 0.3) is 0 Å². The molecule has 0 aromatic heterocycles. The Hall–Kier alpha value is 0. The first-order valence-electron chi connectivity index (χ1n) is 38.2. The van der Waals surface area contributed by atoms with E-state index < -0.39 is 0 Å². The molecule has 78 heavy (non-hydrogen) atoms. The van der Waals surface area contributed by atoms with Gasteiger partial charge in [-0.1, -0.05) is 236 Å². The van der Waals surface area contributed by atoms with Crippen LogP contribution in [0, 0.1) is 136 Å². The lowest BCUT2D eigenvalue weighted by Crippen LogP contribution is -2.38. The van der Waals surface area contributed by atoms with Crippen molar-refractivity contribution in [2.75, 3.05) is 0 Å². The summed E-state index contributed by atoms with van der Waals surface area (Å²) < 4.78 is 0. The molecule has 0 N–H and O–H groups in total. The standard InChI is InChI=1S/C78H142/c1-10-56-19-21-63(22-20-56)54-77(78(55-67(17-8)70-41-27-59(13-4)28-42-70)74-47-33-62(34-48-74)52-66(16-7)69-39-25-58(12-3)26-40-69)73-49-35-64(36-50-73)53-76(75(18-9)71-43-29-60(14-5)30-44-71)72-45-31-61(32-46-72)51-65(15-6)68-37-23-57(11-2)24-38-68/h56-78H,10-55H2,1-9H3. The molecule has 7 atom stereocenters. The molecule has 0 nitrogen and oxygen atoms in total. The topological polar surface area (TPSA) is 0 Å². The van der Waals surface area contributed by atoms with E-state index in [-0.39, 0.29) is 0 Å². The van der Waals surface area contributed by atoms with Crippen molar-refractivity contribution in [2.45, 2.75) is 358 Å². The van der Waals surface area contributed by atoms with Gasteiger partial charge in [0.25, 0.3) is 0 Å². The Kier molecular flexibility index (Phi) is 27.6. The number of rotatable bonds is 28. The maximum atomic E-state index is 2.68. The lowest BCUT2D eigenvalue weighted by Gasteiger charge is -2.48. The predicted octanol–water partition coefficient (Wildman–Crippen LogP) is 25.4. The summed E-state index contributed by atoms with van der Waals surface area (Å²) >= 11 is 0. The van der Waals surface area contributed by atoms with E-state index in [0.29, 0.717) is 0 Å². The van der Waals surface area contributed by atoms with Crippen LogP contribution in [0.3, 0.4) is 0 Å². The zero-order chi connectivity index (χ0) is 54.8. The molecule has 7 unspecified atom stereocenters. The minimum atomic E-state index is 0.991. The van der Waals surface area contributed by atoms with Gasteiger partial charge in [-0.25, -0.2) is 0 Å². The van der Waals surface area contributed by atoms with Gasteiger partial charge in [0.1, 0.15) is 0 Å². The largest absolute Gasteiger partial charge is 0.0651 e. The number of hydrogen-bond acceptors (Lipinski definition) is 0. The van der Waals surface area contributed by atoms with E-state index in [1.165, 1.54) is 83.5 Å². The second-order valence-corrected chi connectivity index (χ2v) is 32.1. The minimum absolute atomic E-state index is 0.991. The van der Waals surface area contributed by atoms with E-state index >= 15 is 0 Å². The lowest BCUT2D eigenvalue weighted by atomic mass is 9.57. The first-order valence-corrected chi connectivity index (χ1v) is 38.2. The Bertz CT molecular complexity index is 1510. The van der Waals surface area contributed by atoms with Gasteiger partial charge in [-0.05, 0) is 258 Å². The summed E-state index contributed by atoms with van der Waals surface area (Å²) in [6.07, 6.45) is 71.2. The average Bonchev–Trinajstić information content (AvgIpc) is 3.55. The molecule has 454 valence electrons. The van der Waals surface area contributed by atoms with E-state index in [1.807, 2.05) is 0 Å². The highest BCUT2D eigenvalue weighted by atomic mass is 14.5. The number of hydrogen-bond donors (Lipinski definition) is 0. The highest BCUT2D eigenvalue weighted by Gasteiger charge is 2.44. The SMILES string of the molecule is CCC1CCC(CC(C2CCC(CC(C3CCC(CC(CC)C4CCC(CC)CC4)CC3)C(CC)C3CCC(CC)CC3)CC2)C(CC(CC)C2CCC(CC)CC2)C2CCC(CC(CC)C3CCC(CC)CC3)CC2)CC1. The Labute approximate surface area is 491 Å². The van der Waals surface area contributed by atoms with Gasteiger partial charge < -0.3 is 0 Å². The summed E-state index contributed by atoms with van der Waals surface area (Å²) in [6, 6.07) is 0. The van der Waals surface area contributed by atoms with E-state index in [4.69, 9.17) is 0 Å². The van der Waals surface area contributed by atoms with Gasteiger partial charge in [-0.3, -0.25) is 0 Å². The summed E-state index contributed by atoms with van der Waals surface area (Å²) in [6.45, 7) is 22.9. The van der Waals surface area contributed by atoms with Crippen molar-refractivity contribution in [3.8, 4) is 0 Å². The van der Waals surface area contributed by atoms with Crippen molar-refractivity contribution in [3.63, 3.8) is 0 Å². The smallest absolute Gasteiger partial charge is 0.0352 e. The molecule has 0 amide bonds. The minimum Gasteiger partial charge on any atom is -0.0651 e. The highest BCUT2D eigenvalue weighted by molar-refractivity contribution is 4.95. The lowest BCUT2D eigenvalue weighted by molar-refractivity contribution is 0.0223. The molecule has 0 radical (unpaired) electrons. The molecular formula is C78H142. The van der Waals surface area contributed by atoms with E-state index in [1.54, 1.807) is 212 Å². The second kappa shape index (κ2) is 33.6. The van der Waals surface area contributed by atoms with Crippen molar-refractivity contribution in [1.29, 1.82) is 0 Å². The molecule has 8 fully saturated rings. The molecule has 0 spiro atoms. The fraction of sp³-hybridized carbons (Fsp3) is 1.00. The van der Waals surface area contributed by atoms with Crippen LogP contribution in [0.1, 0.15) is 358 Å². The zero-order valence-electron chi connectivity index (χ0n) is 54.8. The van der Waals surface area contributed by atoms with Crippen LogP contribution in [0.5, 0.6) is 0 Å². The third kappa shape index (κ3) is 18.0. The quantitative estimate of drug-likeness (QED) is 0.0733. The molecule has 8 aliphatic rings. The third-order valence-corrected chi connectivity index (χ3v) is 28.7. The highest BCUT2D eigenvalue weighted by Crippen LogP contribution is 2.55. The third-order valence-electron chi connectivity index (χ3n) is 28.7. The van der Waals surface area contributed by atoms with Gasteiger partial charge in [-0.2, -0.15) is 0 Å². The monoisotopic (exact) mass is 1080 g/mol. The molecule has 0 heterocycles. The Morgan fingerprint density at radius 3 is 0.705 bits per heavy atom. The zero-order valence-corrected chi connectivity index (χ0v) is 54.8. The van der Waals surface area contributed by atoms with E-state index in [2.05, 4.69) is 62.3 Å². The van der Waals surface area contributed by atoms with Crippen LogP contribution < -0.4 is 0 Å². The van der Waals surface area contributed by atoms with Gasteiger partial charge in [0.15, 0.2) is 0 Å². The molecule has 0 saturated heterocycles. The molecule has 0 bridgehead atoms. The van der Waals surface area contributed by atoms with Gasteiger partial charge in [0.05, 0.1) is 0 Å². The van der Waals surface area contributed by atoms with Crippen LogP contribution in [0.4, 0.5) is 0 Å². The average molecular weight is 1080 g/mol. The maximum Gasteiger partial charge on any atom is -0.0352 e. The molecule has 0 aliphatic heterocycles. The van der Waals surface area contributed by atoms with Gasteiger partial charge >= 0.3 is 0 Å². The fourth-order valence-corrected chi connectivity index (χ4v) is 22.8. The van der Waals surface area contributed by atoms with Crippen LogP contribution in [0.15, 0.2) is 0 Å². The Morgan fingerprint density at radius 1 is 0.192 bits per heavy atom. The Morgan fingerprint density at radius 2 is 0.410 bits per heavy atom. The first-order chi connectivity index (χ1) is 38.2. The summed E-state index contributed by atoms with van der Waals surface area (Å²) in [7, 11) is 0. The summed E-state index contributed by atoms with van der Waals surface area (Å²) in [4.78, 5) is 0. The molecule has 8 aliphatic carbocycles. The van der Waals surface area contributed by atoms with E-state index in [9.17, 15) is 0 Å². The van der Waals surface area contributed by atoms with Crippen LogP contribution >= 0.6 is 0 Å². The molecule has 0 aromatic rings. The Balaban J connectivity index is 0.973. The van der Waals surface area contributed by atoms with Crippen LogP contribution in [-0.2, 0) is 0 Å². The molecule has 8 saturated carbocycles. The molecular weight excluding hydrogens is 937 g/mol. The molecule has 0 heteroatoms. The van der Waals surface area contributed by atoms with Gasteiger partial charge in [0, 0.05) is 0 Å². The fourth-order valence-electron chi connectivity index (χ4n) is 22.8. The molecule has 8 rings (SSSR count).